The van der Waals surface area contributed by atoms with Gasteiger partial charge in [0.25, 0.3) is 0 Å². The minimum absolute atomic E-state index is 0.413. The van der Waals surface area contributed by atoms with Crippen LogP contribution in [0, 0.1) is 11.3 Å². The molecule has 1 aromatic rings. The molecular weight excluding hydrogens is 308 g/mol. The zero-order chi connectivity index (χ0) is 13.2. The van der Waals surface area contributed by atoms with Crippen LogP contribution in [0.3, 0.4) is 0 Å². The lowest BCUT2D eigenvalue weighted by atomic mass is 9.71. The Morgan fingerprint density at radius 2 is 2.17 bits per heavy atom. The quantitative estimate of drug-likeness (QED) is 0.644. The molecule has 2 nitrogen and oxygen atoms in total. The molecule has 1 aliphatic rings. The van der Waals surface area contributed by atoms with Crippen molar-refractivity contribution in [3.63, 3.8) is 0 Å². The van der Waals surface area contributed by atoms with Gasteiger partial charge in [-0.2, -0.15) is 0 Å². The fraction of sp³-hybridized carbons (Fsp3) is 0.714. The monoisotopic (exact) mass is 330 g/mol. The van der Waals surface area contributed by atoms with Gasteiger partial charge in [0, 0.05) is 15.4 Å². The molecule has 0 bridgehead atoms. The minimum Gasteiger partial charge on any atom is -0.271 e. The molecule has 0 aliphatic heterocycles. The van der Waals surface area contributed by atoms with E-state index >= 15 is 0 Å². The van der Waals surface area contributed by atoms with Crippen molar-refractivity contribution in [1.82, 2.24) is 5.43 Å². The van der Waals surface area contributed by atoms with Crippen LogP contribution >= 0.6 is 27.3 Å². The maximum absolute atomic E-state index is 5.78. The summed E-state index contributed by atoms with van der Waals surface area (Å²) in [6, 6.07) is 2.54. The Kier molecular flexibility index (Phi) is 4.86. The summed E-state index contributed by atoms with van der Waals surface area (Å²) < 4.78 is 1.23. The number of hydrogen-bond donors (Lipinski definition) is 2. The molecule has 0 spiro atoms. The van der Waals surface area contributed by atoms with Crippen molar-refractivity contribution in [2.24, 2.45) is 17.2 Å². The Balaban J connectivity index is 1.96. The van der Waals surface area contributed by atoms with E-state index in [1.165, 1.54) is 35.0 Å². The zero-order valence-electron chi connectivity index (χ0n) is 11.2. The average Bonchev–Trinajstić information content (AvgIpc) is 2.72. The van der Waals surface area contributed by atoms with E-state index in [2.05, 4.69) is 46.6 Å². The van der Waals surface area contributed by atoms with Crippen molar-refractivity contribution in [2.45, 2.75) is 52.0 Å². The fourth-order valence-corrected chi connectivity index (χ4v) is 4.43. The van der Waals surface area contributed by atoms with Crippen molar-refractivity contribution in [3.8, 4) is 0 Å². The van der Waals surface area contributed by atoms with Crippen molar-refractivity contribution in [3.05, 3.63) is 20.8 Å². The van der Waals surface area contributed by atoms with Crippen LogP contribution in [0.1, 0.15) is 44.4 Å². The Morgan fingerprint density at radius 1 is 1.50 bits per heavy atom. The van der Waals surface area contributed by atoms with Crippen molar-refractivity contribution < 1.29 is 0 Å². The van der Waals surface area contributed by atoms with Gasteiger partial charge in [-0.25, -0.2) is 0 Å². The van der Waals surface area contributed by atoms with Gasteiger partial charge in [0.1, 0.15) is 0 Å². The van der Waals surface area contributed by atoms with Crippen molar-refractivity contribution >= 4 is 27.3 Å². The molecule has 102 valence electrons. The third-order valence-electron chi connectivity index (χ3n) is 4.26. The number of thiophene rings is 1. The zero-order valence-corrected chi connectivity index (χ0v) is 13.6. The summed E-state index contributed by atoms with van der Waals surface area (Å²) in [5.74, 6) is 6.50. The minimum atomic E-state index is 0.413. The molecule has 0 radical (unpaired) electrons. The average molecular weight is 331 g/mol. The highest BCUT2D eigenvalue weighted by Gasteiger charge is 2.31. The van der Waals surface area contributed by atoms with Crippen LogP contribution in [0.15, 0.2) is 15.9 Å². The highest BCUT2D eigenvalue weighted by Crippen LogP contribution is 2.40. The first kappa shape index (κ1) is 14.5. The predicted octanol–water partition coefficient (Wildman–Crippen LogP) is 4.10. The molecule has 2 rings (SSSR count). The fourth-order valence-electron chi connectivity index (χ4n) is 2.86. The van der Waals surface area contributed by atoms with Gasteiger partial charge in [0.2, 0.25) is 0 Å². The number of hydrazine groups is 1. The van der Waals surface area contributed by atoms with E-state index < -0.39 is 0 Å². The summed E-state index contributed by atoms with van der Waals surface area (Å²) in [5, 5.41) is 2.14. The topological polar surface area (TPSA) is 38.0 Å². The Hall–Kier alpha value is 0.1000. The van der Waals surface area contributed by atoms with E-state index in [0.717, 1.165) is 12.3 Å². The second kappa shape index (κ2) is 6.04. The molecule has 4 heteroatoms. The van der Waals surface area contributed by atoms with Gasteiger partial charge >= 0.3 is 0 Å². The molecule has 1 aliphatic carbocycles. The number of rotatable bonds is 4. The Bertz CT molecular complexity index is 379. The van der Waals surface area contributed by atoms with Gasteiger partial charge in [-0.3, -0.25) is 11.3 Å². The summed E-state index contributed by atoms with van der Waals surface area (Å²) in [6.07, 6.45) is 6.28. The van der Waals surface area contributed by atoms with Crippen LogP contribution in [0.25, 0.3) is 0 Å². The first-order valence-electron chi connectivity index (χ1n) is 6.70. The summed E-state index contributed by atoms with van der Waals surface area (Å²) in [5.41, 5.74) is 3.58. The molecule has 0 amide bonds. The predicted molar refractivity (Wildman–Crippen MR) is 82.6 cm³/mol. The van der Waals surface area contributed by atoms with E-state index in [9.17, 15) is 0 Å². The normalized spacial score (nSPS) is 22.0. The number of nitrogens with two attached hydrogens (primary N) is 1. The molecule has 3 N–H and O–H groups in total. The van der Waals surface area contributed by atoms with E-state index in [1.807, 2.05) is 11.3 Å². The lowest BCUT2D eigenvalue weighted by Crippen LogP contribution is -2.44. The third-order valence-corrected chi connectivity index (χ3v) is 6.21. The third kappa shape index (κ3) is 3.56. The number of hydrogen-bond acceptors (Lipinski definition) is 3. The summed E-state index contributed by atoms with van der Waals surface area (Å²) in [6.45, 7) is 4.76. The lowest BCUT2D eigenvalue weighted by molar-refractivity contribution is 0.161. The first-order chi connectivity index (χ1) is 8.52. The maximum Gasteiger partial charge on any atom is 0.0314 e. The summed E-state index contributed by atoms with van der Waals surface area (Å²) in [7, 11) is 0. The van der Waals surface area contributed by atoms with E-state index in [4.69, 9.17) is 5.84 Å². The largest absolute Gasteiger partial charge is 0.271 e. The maximum atomic E-state index is 5.78. The molecule has 1 fully saturated rings. The van der Waals surface area contributed by atoms with Crippen LogP contribution in [0.4, 0.5) is 0 Å². The van der Waals surface area contributed by atoms with Crippen molar-refractivity contribution in [1.29, 1.82) is 0 Å². The van der Waals surface area contributed by atoms with Gasteiger partial charge in [-0.05, 0) is 70.8 Å². The molecule has 1 heterocycles. The number of nitrogens with one attached hydrogen (secondary N) is 1. The van der Waals surface area contributed by atoms with Crippen molar-refractivity contribution in [2.75, 3.05) is 0 Å². The summed E-state index contributed by atoms with van der Waals surface area (Å²) >= 11 is 5.42. The smallest absolute Gasteiger partial charge is 0.0314 e. The van der Waals surface area contributed by atoms with Gasteiger partial charge < -0.3 is 0 Å². The van der Waals surface area contributed by atoms with Crippen LogP contribution in [-0.2, 0) is 6.42 Å². The molecular formula is C14H23BrN2S. The molecule has 0 saturated heterocycles. The highest BCUT2D eigenvalue weighted by molar-refractivity contribution is 9.10. The van der Waals surface area contributed by atoms with Gasteiger partial charge in [-0.15, -0.1) is 11.3 Å². The van der Waals surface area contributed by atoms with E-state index in [-0.39, 0.29) is 0 Å². The molecule has 1 atom stereocenters. The van der Waals surface area contributed by atoms with Crippen LogP contribution in [-0.4, -0.2) is 6.04 Å². The molecule has 18 heavy (non-hydrogen) atoms. The molecule has 1 aromatic heterocycles. The van der Waals surface area contributed by atoms with Gasteiger partial charge in [-0.1, -0.05) is 13.8 Å². The number of halogens is 1. The standard InChI is InChI=1S/C14H23BrN2S/c1-14(2)6-3-10(4-7-14)12(17-16)9-13-11(15)5-8-18-13/h5,8,10,12,17H,3-4,6-7,9,16H2,1-2H3. The van der Waals surface area contributed by atoms with Crippen LogP contribution in [0.2, 0.25) is 0 Å². The first-order valence-corrected chi connectivity index (χ1v) is 8.37. The van der Waals surface area contributed by atoms with E-state index in [0.29, 0.717) is 11.5 Å². The molecule has 0 aromatic carbocycles. The molecule has 1 unspecified atom stereocenters. The van der Waals surface area contributed by atoms with Crippen LogP contribution < -0.4 is 11.3 Å². The highest BCUT2D eigenvalue weighted by atomic mass is 79.9. The van der Waals surface area contributed by atoms with Gasteiger partial charge in [0.05, 0.1) is 0 Å². The van der Waals surface area contributed by atoms with Crippen LogP contribution in [0.5, 0.6) is 0 Å². The van der Waals surface area contributed by atoms with E-state index in [1.54, 1.807) is 0 Å². The molecule has 1 saturated carbocycles. The van der Waals surface area contributed by atoms with Gasteiger partial charge in [0.15, 0.2) is 0 Å². The lowest BCUT2D eigenvalue weighted by Gasteiger charge is -2.37. The Morgan fingerprint density at radius 3 is 2.67 bits per heavy atom. The second-order valence-electron chi connectivity index (χ2n) is 6.17. The second-order valence-corrected chi connectivity index (χ2v) is 8.03. The summed E-state index contributed by atoms with van der Waals surface area (Å²) in [4.78, 5) is 1.41. The SMILES string of the molecule is CC1(C)CCC(C(Cc2sccc2Br)NN)CC1. The Labute approximate surface area is 122 Å².